The van der Waals surface area contributed by atoms with Crippen LogP contribution in [0.4, 0.5) is 10.1 Å². The smallest absolute Gasteiger partial charge is 0.319 e. The molecule has 0 spiro atoms. The van der Waals surface area contributed by atoms with Gasteiger partial charge in [-0.25, -0.2) is 4.39 Å². The molecule has 0 fully saturated rings. The van der Waals surface area contributed by atoms with Gasteiger partial charge in [-0.1, -0.05) is 32.4 Å². The number of carbonyl (C=O) groups is 2. The van der Waals surface area contributed by atoms with Crippen LogP contribution in [0.5, 0.6) is 0 Å². The van der Waals surface area contributed by atoms with Crippen molar-refractivity contribution in [3.8, 4) is 0 Å². The van der Waals surface area contributed by atoms with Gasteiger partial charge in [-0.15, -0.1) is 11.8 Å². The average molecular weight is 376 g/mol. The summed E-state index contributed by atoms with van der Waals surface area (Å²) in [6, 6.07) is 2.57. The summed E-state index contributed by atoms with van der Waals surface area (Å²) < 4.78 is 19.3. The molecule has 2 unspecified atom stereocenters. The van der Waals surface area contributed by atoms with E-state index in [0.717, 1.165) is 12.5 Å². The first-order valence-electron chi connectivity index (χ1n) is 7.79. The fourth-order valence-corrected chi connectivity index (χ4v) is 3.19. The Hall–Kier alpha value is -1.27. The molecule has 0 bridgehead atoms. The van der Waals surface area contributed by atoms with E-state index in [1.165, 1.54) is 24.8 Å². The van der Waals surface area contributed by atoms with Crippen LogP contribution in [0.25, 0.3) is 0 Å². The highest BCUT2D eigenvalue weighted by atomic mass is 35.5. The van der Waals surface area contributed by atoms with E-state index in [9.17, 15) is 14.0 Å². The Kier molecular flexibility index (Phi) is 8.03. The minimum absolute atomic E-state index is 0.00288. The second-order valence-corrected chi connectivity index (χ2v) is 7.47. The predicted octanol–water partition coefficient (Wildman–Crippen LogP) is 4.90. The largest absolute Gasteiger partial charge is 0.462 e. The number of benzene rings is 1. The second kappa shape index (κ2) is 9.28. The molecule has 0 heterocycles. The highest BCUT2D eigenvalue weighted by molar-refractivity contribution is 8.00. The molecule has 7 heteroatoms. The summed E-state index contributed by atoms with van der Waals surface area (Å²) in [6.07, 6.45) is 0.559. The molecule has 0 saturated heterocycles. The molecule has 0 aromatic heterocycles. The number of hydrogen-bond acceptors (Lipinski definition) is 4. The molecule has 2 atom stereocenters. The number of hydrogen-bond donors (Lipinski definition) is 1. The summed E-state index contributed by atoms with van der Waals surface area (Å²) in [7, 11) is 0. The second-order valence-electron chi connectivity index (χ2n) is 5.88. The number of esters is 1. The first kappa shape index (κ1) is 20.8. The van der Waals surface area contributed by atoms with Crippen LogP contribution in [0.15, 0.2) is 17.0 Å². The lowest BCUT2D eigenvalue weighted by Gasteiger charge is -2.22. The van der Waals surface area contributed by atoms with Gasteiger partial charge in [0.25, 0.3) is 0 Å². The van der Waals surface area contributed by atoms with Gasteiger partial charge in [0.15, 0.2) is 0 Å². The van der Waals surface area contributed by atoms with Crippen molar-refractivity contribution in [1.29, 1.82) is 0 Å². The first-order valence-corrected chi connectivity index (χ1v) is 9.05. The fraction of sp³-hybridized carbons (Fsp3) is 0.529. The van der Waals surface area contributed by atoms with Crippen LogP contribution in [0.2, 0.25) is 5.02 Å². The number of anilines is 1. The lowest BCUT2D eigenvalue weighted by molar-refractivity contribution is -0.148. The summed E-state index contributed by atoms with van der Waals surface area (Å²) in [5.41, 5.74) is 0.0344. The van der Waals surface area contributed by atoms with Crippen molar-refractivity contribution in [2.45, 2.75) is 57.3 Å². The summed E-state index contributed by atoms with van der Waals surface area (Å²) in [4.78, 5) is 24.0. The van der Waals surface area contributed by atoms with Gasteiger partial charge in [-0.2, -0.15) is 0 Å². The molecule has 0 radical (unpaired) electrons. The average Bonchev–Trinajstić information content (AvgIpc) is 2.47. The molecule has 24 heavy (non-hydrogen) atoms. The topological polar surface area (TPSA) is 55.4 Å². The molecule has 1 N–H and O–H groups in total. The molecule has 1 aromatic carbocycles. The van der Waals surface area contributed by atoms with Crippen LogP contribution in [-0.2, 0) is 14.3 Å². The number of nitrogens with one attached hydrogen (secondary N) is 1. The molecule has 134 valence electrons. The molecule has 1 aromatic rings. The maximum Gasteiger partial charge on any atom is 0.319 e. The van der Waals surface area contributed by atoms with E-state index in [2.05, 4.69) is 5.32 Å². The molecule has 0 aliphatic carbocycles. The van der Waals surface area contributed by atoms with Crippen LogP contribution >= 0.6 is 23.4 Å². The zero-order valence-electron chi connectivity index (χ0n) is 14.5. The van der Waals surface area contributed by atoms with Gasteiger partial charge in [0.1, 0.15) is 11.1 Å². The van der Waals surface area contributed by atoms with Gasteiger partial charge in [-0.3, -0.25) is 9.59 Å². The van der Waals surface area contributed by atoms with Gasteiger partial charge >= 0.3 is 5.97 Å². The fourth-order valence-electron chi connectivity index (χ4n) is 1.85. The molecule has 1 amide bonds. The van der Waals surface area contributed by atoms with Crippen molar-refractivity contribution in [1.82, 2.24) is 0 Å². The summed E-state index contributed by atoms with van der Waals surface area (Å²) >= 11 is 7.31. The molecular weight excluding hydrogens is 353 g/mol. The van der Waals surface area contributed by atoms with Crippen molar-refractivity contribution in [3.63, 3.8) is 0 Å². The number of amides is 1. The minimum atomic E-state index is -0.622. The summed E-state index contributed by atoms with van der Waals surface area (Å²) in [5.74, 6) is -1.34. The first-order chi connectivity index (χ1) is 11.1. The minimum Gasteiger partial charge on any atom is -0.462 e. The monoisotopic (exact) mass is 375 g/mol. The van der Waals surface area contributed by atoms with Gasteiger partial charge in [0.05, 0.1) is 16.8 Å². The number of carbonyl (C=O) groups excluding carboxylic acids is 2. The Balaban J connectivity index is 3.05. The van der Waals surface area contributed by atoms with E-state index < -0.39 is 11.1 Å². The van der Waals surface area contributed by atoms with Crippen molar-refractivity contribution >= 4 is 40.9 Å². The van der Waals surface area contributed by atoms with E-state index in [0.29, 0.717) is 4.90 Å². The lowest BCUT2D eigenvalue weighted by atomic mass is 10.1. The summed E-state index contributed by atoms with van der Waals surface area (Å²) in [6.45, 7) is 8.87. The Morgan fingerprint density at radius 2 is 1.96 bits per heavy atom. The predicted molar refractivity (Wildman–Crippen MR) is 96.0 cm³/mol. The van der Waals surface area contributed by atoms with E-state index in [1.807, 2.05) is 27.7 Å². The normalized spacial score (nSPS) is 13.5. The summed E-state index contributed by atoms with van der Waals surface area (Å²) in [5, 5.41) is 2.12. The molecule has 4 nitrogen and oxygen atoms in total. The van der Waals surface area contributed by atoms with Crippen molar-refractivity contribution in [2.24, 2.45) is 5.92 Å². The van der Waals surface area contributed by atoms with Crippen LogP contribution in [0.1, 0.15) is 41.0 Å². The standard InChI is InChI=1S/C17H23ClFNO3S/c1-6-10(4)23-17(22)16(9(2)3)24-15-8-14(20-11(5)21)13(19)7-12(15)18/h7-10,16H,6H2,1-5H3,(H,20,21). The maximum absolute atomic E-state index is 13.9. The molecule has 1 rings (SSSR count). The Morgan fingerprint density at radius 1 is 1.33 bits per heavy atom. The zero-order valence-corrected chi connectivity index (χ0v) is 16.1. The van der Waals surface area contributed by atoms with E-state index in [4.69, 9.17) is 16.3 Å². The maximum atomic E-state index is 13.9. The molecule has 0 aliphatic heterocycles. The van der Waals surface area contributed by atoms with Gasteiger partial charge in [0, 0.05) is 11.8 Å². The highest BCUT2D eigenvalue weighted by Crippen LogP contribution is 2.37. The highest BCUT2D eigenvalue weighted by Gasteiger charge is 2.27. The van der Waals surface area contributed by atoms with Crippen molar-refractivity contribution in [3.05, 3.63) is 23.0 Å². The van der Waals surface area contributed by atoms with E-state index in [-0.39, 0.29) is 34.6 Å². The zero-order chi connectivity index (χ0) is 18.4. The van der Waals surface area contributed by atoms with Crippen molar-refractivity contribution in [2.75, 3.05) is 5.32 Å². The number of ether oxygens (including phenoxy) is 1. The molecular formula is C17H23ClFNO3S. The van der Waals surface area contributed by atoms with Crippen molar-refractivity contribution < 1.29 is 18.7 Å². The van der Waals surface area contributed by atoms with E-state index in [1.54, 1.807) is 0 Å². The third-order valence-electron chi connectivity index (χ3n) is 3.32. The van der Waals surface area contributed by atoms with Crippen LogP contribution in [-0.4, -0.2) is 23.2 Å². The Morgan fingerprint density at radius 3 is 2.46 bits per heavy atom. The number of thioether (sulfide) groups is 1. The molecule has 0 saturated carbocycles. The van der Waals surface area contributed by atoms with Crippen LogP contribution in [0, 0.1) is 11.7 Å². The molecule has 0 aliphatic rings. The van der Waals surface area contributed by atoms with Gasteiger partial charge in [0.2, 0.25) is 5.91 Å². The van der Waals surface area contributed by atoms with Gasteiger partial charge < -0.3 is 10.1 Å². The Labute approximate surface area is 151 Å². The van der Waals surface area contributed by atoms with E-state index >= 15 is 0 Å². The number of rotatable bonds is 7. The SMILES string of the molecule is CCC(C)OC(=O)C(Sc1cc(NC(C)=O)c(F)cc1Cl)C(C)C. The quantitative estimate of drug-likeness (QED) is 0.544. The lowest BCUT2D eigenvalue weighted by Crippen LogP contribution is -2.28. The van der Waals surface area contributed by atoms with Crippen LogP contribution in [0.3, 0.4) is 0 Å². The number of halogens is 2. The van der Waals surface area contributed by atoms with Crippen LogP contribution < -0.4 is 5.32 Å². The third-order valence-corrected chi connectivity index (χ3v) is 5.32. The Bertz CT molecular complexity index is 610. The van der Waals surface area contributed by atoms with Gasteiger partial charge in [-0.05, 0) is 31.4 Å². The third kappa shape index (κ3) is 5.98.